The number of likely N-dealkylation sites (N-methyl/N-ethyl adjacent to an activating group) is 1. The van der Waals surface area contributed by atoms with Gasteiger partial charge in [-0.05, 0) is 33.5 Å². The van der Waals surface area contributed by atoms with Crippen molar-refractivity contribution in [3.8, 4) is 0 Å². The van der Waals surface area contributed by atoms with Crippen molar-refractivity contribution in [3.63, 3.8) is 0 Å². The Bertz CT molecular complexity index is 162. The number of likely N-dealkylation sites (tertiary alicyclic amines) is 1. The van der Waals surface area contributed by atoms with Crippen LogP contribution in [0.4, 0.5) is 0 Å². The van der Waals surface area contributed by atoms with Crippen LogP contribution in [0.15, 0.2) is 0 Å². The number of hydrogen-bond donors (Lipinski definition) is 2. The first-order valence-corrected chi connectivity index (χ1v) is 5.33. The van der Waals surface area contributed by atoms with Crippen LogP contribution in [-0.2, 0) is 0 Å². The Morgan fingerprint density at radius 3 is 2.71 bits per heavy atom. The molecule has 1 heterocycles. The van der Waals surface area contributed by atoms with Gasteiger partial charge in [0.15, 0.2) is 0 Å². The Balaban J connectivity index is 2.51. The molecule has 1 rings (SSSR count). The molecule has 0 aromatic heterocycles. The third kappa shape index (κ3) is 3.20. The number of β-amino-alcohol motifs (C(OH)–C–C–N with tert-alkyl or cyclic N) is 1. The van der Waals surface area contributed by atoms with Crippen molar-refractivity contribution >= 4 is 0 Å². The highest BCUT2D eigenvalue weighted by Gasteiger charge is 2.29. The average Bonchev–Trinajstić information content (AvgIpc) is 2.11. The Morgan fingerprint density at radius 1 is 1.43 bits per heavy atom. The molecule has 0 aliphatic carbocycles. The lowest BCUT2D eigenvalue weighted by atomic mass is 9.98. The van der Waals surface area contributed by atoms with E-state index in [1.54, 1.807) is 0 Å². The number of nitrogens with zero attached hydrogens (tertiary/aromatic N) is 2. The van der Waals surface area contributed by atoms with Crippen molar-refractivity contribution in [2.45, 2.75) is 25.0 Å². The van der Waals surface area contributed by atoms with Gasteiger partial charge < -0.3 is 15.1 Å². The first-order chi connectivity index (χ1) is 6.65. The Hall–Kier alpha value is -0.160. The van der Waals surface area contributed by atoms with Crippen molar-refractivity contribution in [1.82, 2.24) is 9.80 Å². The van der Waals surface area contributed by atoms with Gasteiger partial charge in [0.1, 0.15) is 0 Å². The summed E-state index contributed by atoms with van der Waals surface area (Å²) in [7, 11) is 4.02. The van der Waals surface area contributed by atoms with Crippen LogP contribution in [0.5, 0.6) is 0 Å². The normalized spacial score (nSPS) is 29.8. The summed E-state index contributed by atoms with van der Waals surface area (Å²) in [6.07, 6.45) is 1.68. The molecule has 0 aromatic rings. The summed E-state index contributed by atoms with van der Waals surface area (Å²) in [6.45, 7) is 2.71. The fraction of sp³-hybridized carbons (Fsp3) is 1.00. The molecular formula is C10H22N2O2. The van der Waals surface area contributed by atoms with Crippen molar-refractivity contribution in [2.75, 3.05) is 40.3 Å². The zero-order valence-electron chi connectivity index (χ0n) is 9.19. The molecule has 4 nitrogen and oxygen atoms in total. The van der Waals surface area contributed by atoms with Gasteiger partial charge in [-0.3, -0.25) is 4.90 Å². The maximum Gasteiger partial charge on any atom is 0.0708 e. The van der Waals surface area contributed by atoms with Gasteiger partial charge in [0.25, 0.3) is 0 Å². The number of aliphatic hydroxyl groups is 2. The van der Waals surface area contributed by atoms with Gasteiger partial charge in [0, 0.05) is 19.1 Å². The fourth-order valence-electron chi connectivity index (χ4n) is 2.12. The minimum Gasteiger partial charge on any atom is -0.395 e. The molecule has 1 fully saturated rings. The third-order valence-electron chi connectivity index (χ3n) is 2.80. The number of rotatable bonds is 4. The minimum atomic E-state index is -0.238. The van der Waals surface area contributed by atoms with E-state index in [-0.39, 0.29) is 18.8 Å². The quantitative estimate of drug-likeness (QED) is 0.637. The molecule has 2 N–H and O–H groups in total. The monoisotopic (exact) mass is 202 g/mol. The molecule has 0 amide bonds. The molecule has 0 spiro atoms. The first kappa shape index (κ1) is 11.9. The second-order valence-corrected chi connectivity index (χ2v) is 4.30. The van der Waals surface area contributed by atoms with Crippen molar-refractivity contribution in [2.24, 2.45) is 0 Å². The molecule has 0 aromatic carbocycles. The van der Waals surface area contributed by atoms with Crippen molar-refractivity contribution in [3.05, 3.63) is 0 Å². The molecule has 1 saturated heterocycles. The standard InChI is InChI=1S/C10H22N2O2/c1-11(2)8-9-10(14)4-3-5-12(9)6-7-13/h9-10,13-14H,3-8H2,1-2H3/t9-,10-/m1/s1. The molecule has 84 valence electrons. The van der Waals surface area contributed by atoms with E-state index in [0.29, 0.717) is 6.54 Å². The van der Waals surface area contributed by atoms with E-state index in [2.05, 4.69) is 9.80 Å². The summed E-state index contributed by atoms with van der Waals surface area (Å²) >= 11 is 0. The lowest BCUT2D eigenvalue weighted by Crippen LogP contribution is -2.53. The van der Waals surface area contributed by atoms with E-state index in [9.17, 15) is 5.11 Å². The first-order valence-electron chi connectivity index (χ1n) is 5.33. The number of piperidine rings is 1. The third-order valence-corrected chi connectivity index (χ3v) is 2.80. The van der Waals surface area contributed by atoms with E-state index in [4.69, 9.17) is 5.11 Å². The van der Waals surface area contributed by atoms with Gasteiger partial charge in [-0.15, -0.1) is 0 Å². The van der Waals surface area contributed by atoms with Crippen LogP contribution < -0.4 is 0 Å². The lowest BCUT2D eigenvalue weighted by Gasteiger charge is -2.40. The van der Waals surface area contributed by atoms with Crippen LogP contribution in [0.1, 0.15) is 12.8 Å². The van der Waals surface area contributed by atoms with Crippen molar-refractivity contribution in [1.29, 1.82) is 0 Å². The van der Waals surface area contributed by atoms with E-state index >= 15 is 0 Å². The molecule has 0 radical (unpaired) electrons. The van der Waals surface area contributed by atoms with Crippen LogP contribution >= 0.6 is 0 Å². The highest BCUT2D eigenvalue weighted by molar-refractivity contribution is 4.85. The van der Waals surface area contributed by atoms with Gasteiger partial charge >= 0.3 is 0 Å². The summed E-state index contributed by atoms with van der Waals surface area (Å²) in [4.78, 5) is 4.28. The maximum absolute atomic E-state index is 9.86. The van der Waals surface area contributed by atoms with Crippen LogP contribution in [0.3, 0.4) is 0 Å². The predicted octanol–water partition coefficient (Wildman–Crippen LogP) is -0.634. The minimum absolute atomic E-state index is 0.177. The average molecular weight is 202 g/mol. The summed E-state index contributed by atoms with van der Waals surface area (Å²) in [5.74, 6) is 0. The van der Waals surface area contributed by atoms with Crippen LogP contribution in [0.2, 0.25) is 0 Å². The Kier molecular flexibility index (Phi) is 4.81. The molecule has 1 aliphatic heterocycles. The SMILES string of the molecule is CN(C)C[C@@H]1[C@H](O)CCCN1CCO. The zero-order valence-corrected chi connectivity index (χ0v) is 9.19. The Morgan fingerprint density at radius 2 is 2.14 bits per heavy atom. The lowest BCUT2D eigenvalue weighted by molar-refractivity contribution is -0.00664. The highest BCUT2D eigenvalue weighted by atomic mass is 16.3. The second kappa shape index (κ2) is 5.66. The summed E-state index contributed by atoms with van der Waals surface area (Å²) in [5.41, 5.74) is 0. The number of hydrogen-bond acceptors (Lipinski definition) is 4. The smallest absolute Gasteiger partial charge is 0.0708 e. The van der Waals surface area contributed by atoms with Crippen LogP contribution in [-0.4, -0.2) is 72.5 Å². The van der Waals surface area contributed by atoms with Gasteiger partial charge in [-0.2, -0.15) is 0 Å². The van der Waals surface area contributed by atoms with E-state index in [1.165, 1.54) is 0 Å². The summed E-state index contributed by atoms with van der Waals surface area (Å²) in [5, 5.41) is 18.8. The van der Waals surface area contributed by atoms with Gasteiger partial charge in [0.2, 0.25) is 0 Å². The van der Waals surface area contributed by atoms with Gasteiger partial charge in [0.05, 0.1) is 12.7 Å². The molecule has 1 aliphatic rings. The number of aliphatic hydroxyl groups excluding tert-OH is 2. The predicted molar refractivity (Wildman–Crippen MR) is 56.2 cm³/mol. The molecule has 0 saturated carbocycles. The van der Waals surface area contributed by atoms with Crippen LogP contribution in [0.25, 0.3) is 0 Å². The zero-order chi connectivity index (χ0) is 10.6. The highest BCUT2D eigenvalue weighted by Crippen LogP contribution is 2.17. The molecule has 0 bridgehead atoms. The summed E-state index contributed by atoms with van der Waals surface area (Å²) in [6, 6.07) is 0.186. The van der Waals surface area contributed by atoms with E-state index < -0.39 is 0 Å². The van der Waals surface area contributed by atoms with Crippen molar-refractivity contribution < 1.29 is 10.2 Å². The molecular weight excluding hydrogens is 180 g/mol. The molecule has 2 atom stereocenters. The fourth-order valence-corrected chi connectivity index (χ4v) is 2.12. The largest absolute Gasteiger partial charge is 0.395 e. The maximum atomic E-state index is 9.86. The summed E-state index contributed by atoms with van der Waals surface area (Å²) < 4.78 is 0. The van der Waals surface area contributed by atoms with Crippen LogP contribution in [0, 0.1) is 0 Å². The topological polar surface area (TPSA) is 46.9 Å². The second-order valence-electron chi connectivity index (χ2n) is 4.30. The van der Waals surface area contributed by atoms with Gasteiger partial charge in [-0.25, -0.2) is 0 Å². The van der Waals surface area contributed by atoms with Gasteiger partial charge in [-0.1, -0.05) is 0 Å². The molecule has 0 unspecified atom stereocenters. The molecule has 14 heavy (non-hydrogen) atoms. The molecule has 4 heteroatoms. The van der Waals surface area contributed by atoms with E-state index in [1.807, 2.05) is 14.1 Å². The van der Waals surface area contributed by atoms with E-state index in [0.717, 1.165) is 25.9 Å². The Labute approximate surface area is 86.1 Å².